The van der Waals surface area contributed by atoms with Crippen LogP contribution in [0.2, 0.25) is 5.02 Å². The molecule has 3 aromatic carbocycles. The third-order valence-electron chi connectivity index (χ3n) is 5.17. The molecule has 180 valence electrons. The van der Waals surface area contributed by atoms with Crippen molar-refractivity contribution in [3.05, 3.63) is 95.3 Å². The fourth-order valence-electron chi connectivity index (χ4n) is 3.40. The van der Waals surface area contributed by atoms with Gasteiger partial charge in [0.25, 0.3) is 15.9 Å². The SMILES string of the molecule is CCN(c1ccccc1)S(=O)(=O)c1ccc(Cl)c(C(=O)OC(C)c2nnc(-c3ccccc3)o2)c1. The molecular formula is C25H22ClN3O5S. The highest BCUT2D eigenvalue weighted by atomic mass is 35.5. The Balaban J connectivity index is 1.57. The highest BCUT2D eigenvalue weighted by molar-refractivity contribution is 7.92. The molecule has 1 unspecified atom stereocenters. The Kier molecular flexibility index (Phi) is 7.18. The second-order valence-corrected chi connectivity index (χ2v) is 9.78. The zero-order valence-electron chi connectivity index (χ0n) is 19.0. The number of carbonyl (C=O) groups excluding carboxylic acids is 1. The molecule has 0 aliphatic rings. The molecule has 0 spiro atoms. The monoisotopic (exact) mass is 511 g/mol. The van der Waals surface area contributed by atoms with Crippen molar-refractivity contribution < 1.29 is 22.4 Å². The third-order valence-corrected chi connectivity index (χ3v) is 7.40. The summed E-state index contributed by atoms with van der Waals surface area (Å²) < 4.78 is 39.0. The fraction of sp³-hybridized carbons (Fsp3) is 0.160. The lowest BCUT2D eigenvalue weighted by atomic mass is 10.2. The lowest BCUT2D eigenvalue weighted by Crippen LogP contribution is -2.30. The lowest BCUT2D eigenvalue weighted by molar-refractivity contribution is 0.0280. The smallest absolute Gasteiger partial charge is 0.340 e. The number of nitrogens with zero attached hydrogens (tertiary/aromatic N) is 3. The molecule has 1 heterocycles. The Hall–Kier alpha value is -3.69. The van der Waals surface area contributed by atoms with Crippen LogP contribution in [0, 0.1) is 0 Å². The van der Waals surface area contributed by atoms with E-state index >= 15 is 0 Å². The summed E-state index contributed by atoms with van der Waals surface area (Å²) in [5.41, 5.74) is 1.14. The van der Waals surface area contributed by atoms with Gasteiger partial charge in [-0.15, -0.1) is 10.2 Å². The average Bonchev–Trinajstić information content (AvgIpc) is 3.36. The summed E-state index contributed by atoms with van der Waals surface area (Å²) in [4.78, 5) is 12.8. The Morgan fingerprint density at radius 1 is 1.03 bits per heavy atom. The van der Waals surface area contributed by atoms with Crippen LogP contribution in [0.5, 0.6) is 0 Å². The van der Waals surface area contributed by atoms with Crippen LogP contribution in [0.1, 0.15) is 36.2 Å². The molecule has 0 aliphatic carbocycles. The van der Waals surface area contributed by atoms with Crippen LogP contribution in [0.15, 0.2) is 88.2 Å². The number of rotatable bonds is 8. The number of esters is 1. The summed E-state index contributed by atoms with van der Waals surface area (Å²) in [5.74, 6) is -0.435. The zero-order chi connectivity index (χ0) is 25.0. The highest BCUT2D eigenvalue weighted by Crippen LogP contribution is 2.29. The van der Waals surface area contributed by atoms with Crippen LogP contribution < -0.4 is 4.31 Å². The Bertz CT molecular complexity index is 1430. The van der Waals surface area contributed by atoms with Crippen molar-refractivity contribution in [1.29, 1.82) is 0 Å². The number of hydrogen-bond acceptors (Lipinski definition) is 7. The maximum absolute atomic E-state index is 13.3. The van der Waals surface area contributed by atoms with E-state index < -0.39 is 22.1 Å². The molecule has 0 radical (unpaired) electrons. The minimum absolute atomic E-state index is 0.0550. The standard InChI is InChI=1S/C25H22ClN3O5S/c1-3-29(19-12-8-5-9-13-19)35(31,32)20-14-15-22(26)21(16-20)25(30)33-17(2)23-27-28-24(34-23)18-10-6-4-7-11-18/h4-17H,3H2,1-2H3. The predicted molar refractivity (Wildman–Crippen MR) is 132 cm³/mol. The van der Waals surface area contributed by atoms with E-state index in [-0.39, 0.29) is 33.8 Å². The van der Waals surface area contributed by atoms with Crippen molar-refractivity contribution in [3.63, 3.8) is 0 Å². The van der Waals surface area contributed by atoms with Gasteiger partial charge in [-0.05, 0) is 56.3 Å². The topological polar surface area (TPSA) is 103 Å². The van der Waals surface area contributed by atoms with Gasteiger partial charge in [0.1, 0.15) is 0 Å². The van der Waals surface area contributed by atoms with Crippen LogP contribution in [0.4, 0.5) is 5.69 Å². The number of hydrogen-bond donors (Lipinski definition) is 0. The molecule has 35 heavy (non-hydrogen) atoms. The number of aromatic nitrogens is 2. The largest absolute Gasteiger partial charge is 0.449 e. The minimum atomic E-state index is -3.96. The molecule has 8 nitrogen and oxygen atoms in total. The van der Waals surface area contributed by atoms with Crippen LogP contribution in [-0.2, 0) is 14.8 Å². The van der Waals surface area contributed by atoms with Crippen LogP contribution in [0.3, 0.4) is 0 Å². The van der Waals surface area contributed by atoms with Crippen molar-refractivity contribution in [1.82, 2.24) is 10.2 Å². The molecule has 0 saturated carbocycles. The Morgan fingerprint density at radius 3 is 2.34 bits per heavy atom. The second kappa shape index (κ2) is 10.3. The number of benzene rings is 3. The van der Waals surface area contributed by atoms with E-state index in [1.165, 1.54) is 22.5 Å². The van der Waals surface area contributed by atoms with Gasteiger partial charge in [0.15, 0.2) is 6.10 Å². The van der Waals surface area contributed by atoms with Gasteiger partial charge in [-0.2, -0.15) is 0 Å². The van der Waals surface area contributed by atoms with Gasteiger partial charge in [-0.3, -0.25) is 4.31 Å². The molecule has 1 aromatic heterocycles. The summed E-state index contributed by atoms with van der Waals surface area (Å²) in [6.07, 6.45) is -0.889. The summed E-state index contributed by atoms with van der Waals surface area (Å²) in [5, 5.41) is 8.00. The number of ether oxygens (including phenoxy) is 1. The van der Waals surface area contributed by atoms with E-state index in [4.69, 9.17) is 20.8 Å². The van der Waals surface area contributed by atoms with Gasteiger partial charge in [0.05, 0.1) is 21.2 Å². The first kappa shape index (κ1) is 24.4. The molecular weight excluding hydrogens is 490 g/mol. The van der Waals surface area contributed by atoms with Gasteiger partial charge in [0, 0.05) is 12.1 Å². The van der Waals surface area contributed by atoms with Crippen molar-refractivity contribution in [2.45, 2.75) is 24.8 Å². The van der Waals surface area contributed by atoms with E-state index in [0.29, 0.717) is 5.69 Å². The molecule has 10 heteroatoms. The van der Waals surface area contributed by atoms with E-state index in [9.17, 15) is 13.2 Å². The first-order valence-electron chi connectivity index (χ1n) is 10.8. The maximum atomic E-state index is 13.3. The molecule has 0 bridgehead atoms. The number of para-hydroxylation sites is 1. The summed E-state index contributed by atoms with van der Waals surface area (Å²) in [7, 11) is -3.96. The number of sulfonamides is 1. The Morgan fingerprint density at radius 2 is 1.69 bits per heavy atom. The van der Waals surface area contributed by atoms with Crippen molar-refractivity contribution in [2.24, 2.45) is 0 Å². The van der Waals surface area contributed by atoms with E-state index in [2.05, 4.69) is 10.2 Å². The Labute approximate surface area is 208 Å². The van der Waals surface area contributed by atoms with E-state index in [1.807, 2.05) is 30.3 Å². The average molecular weight is 512 g/mol. The molecule has 0 amide bonds. The first-order chi connectivity index (χ1) is 16.8. The number of halogens is 1. The summed E-state index contributed by atoms with van der Waals surface area (Å²) in [6.45, 7) is 3.50. The second-order valence-electron chi connectivity index (χ2n) is 7.51. The quantitative estimate of drug-likeness (QED) is 0.287. The molecule has 0 N–H and O–H groups in total. The number of carbonyl (C=O) groups is 1. The lowest BCUT2D eigenvalue weighted by Gasteiger charge is -2.23. The van der Waals surface area contributed by atoms with Crippen LogP contribution in [0.25, 0.3) is 11.5 Å². The van der Waals surface area contributed by atoms with Crippen LogP contribution in [-0.4, -0.2) is 31.1 Å². The normalized spacial score (nSPS) is 12.2. The maximum Gasteiger partial charge on any atom is 0.340 e. The van der Waals surface area contributed by atoms with Gasteiger partial charge in [-0.1, -0.05) is 48.0 Å². The molecule has 4 rings (SSSR count). The van der Waals surface area contributed by atoms with Crippen molar-refractivity contribution in [3.8, 4) is 11.5 Å². The van der Waals surface area contributed by atoms with E-state index in [0.717, 1.165) is 5.56 Å². The molecule has 0 saturated heterocycles. The third kappa shape index (κ3) is 5.21. The van der Waals surface area contributed by atoms with Crippen molar-refractivity contribution >= 4 is 33.3 Å². The molecule has 1 atom stereocenters. The van der Waals surface area contributed by atoms with Crippen LogP contribution >= 0.6 is 11.6 Å². The molecule has 0 fully saturated rings. The van der Waals surface area contributed by atoms with Gasteiger partial charge < -0.3 is 9.15 Å². The highest BCUT2D eigenvalue weighted by Gasteiger charge is 2.27. The van der Waals surface area contributed by atoms with Gasteiger partial charge in [0.2, 0.25) is 5.89 Å². The van der Waals surface area contributed by atoms with Crippen molar-refractivity contribution in [2.75, 3.05) is 10.8 Å². The zero-order valence-corrected chi connectivity index (χ0v) is 20.5. The summed E-state index contributed by atoms with van der Waals surface area (Å²) in [6, 6.07) is 21.8. The predicted octanol–water partition coefficient (Wildman–Crippen LogP) is 5.52. The molecule has 0 aliphatic heterocycles. The van der Waals surface area contributed by atoms with Gasteiger partial charge in [-0.25, -0.2) is 13.2 Å². The summed E-state index contributed by atoms with van der Waals surface area (Å²) >= 11 is 6.22. The minimum Gasteiger partial charge on any atom is -0.449 e. The molecule has 4 aromatic rings. The fourth-order valence-corrected chi connectivity index (χ4v) is 5.10. The van der Waals surface area contributed by atoms with E-state index in [1.54, 1.807) is 44.2 Å². The number of anilines is 1. The van der Waals surface area contributed by atoms with Gasteiger partial charge >= 0.3 is 5.97 Å². The first-order valence-corrected chi connectivity index (χ1v) is 12.6.